The number of carbonyl (C=O) groups excluding carboxylic acids is 2. The molecule has 0 aliphatic carbocycles. The summed E-state index contributed by atoms with van der Waals surface area (Å²) in [7, 11) is 0. The van der Waals surface area contributed by atoms with Gasteiger partial charge in [-0.25, -0.2) is 0 Å². The van der Waals surface area contributed by atoms with Crippen molar-refractivity contribution < 1.29 is 9.59 Å². The highest BCUT2D eigenvalue weighted by molar-refractivity contribution is 5.78. The van der Waals surface area contributed by atoms with Gasteiger partial charge in [0.25, 0.3) is 0 Å². The van der Waals surface area contributed by atoms with E-state index in [-0.39, 0.29) is 24.8 Å². The van der Waals surface area contributed by atoms with Crippen molar-refractivity contribution in [1.82, 2.24) is 5.32 Å². The summed E-state index contributed by atoms with van der Waals surface area (Å²) in [5.74, 6) is -0.187. The van der Waals surface area contributed by atoms with Gasteiger partial charge in [-0.1, -0.05) is 0 Å². The van der Waals surface area contributed by atoms with Gasteiger partial charge in [-0.2, -0.15) is 0 Å². The van der Waals surface area contributed by atoms with Gasteiger partial charge in [-0.05, 0) is 0 Å². The summed E-state index contributed by atoms with van der Waals surface area (Å²) in [6.45, 7) is 0.638. The lowest BCUT2D eigenvalue weighted by Crippen LogP contribution is -2.26. The van der Waals surface area contributed by atoms with E-state index in [1.807, 2.05) is 0 Å². The van der Waals surface area contributed by atoms with Gasteiger partial charge in [0.2, 0.25) is 5.91 Å². The van der Waals surface area contributed by atoms with Crippen LogP contribution in [0.25, 0.3) is 0 Å². The summed E-state index contributed by atoms with van der Waals surface area (Å²) in [5, 5.41) is 2.54. The van der Waals surface area contributed by atoms with E-state index in [4.69, 9.17) is 11.5 Å². The Kier molecular flexibility index (Phi) is 6.21. The van der Waals surface area contributed by atoms with Gasteiger partial charge < -0.3 is 21.6 Å². The van der Waals surface area contributed by atoms with E-state index < -0.39 is 0 Å². The highest BCUT2D eigenvalue weighted by Crippen LogP contribution is 1.81. The van der Waals surface area contributed by atoms with Crippen LogP contribution in [0, 0.1) is 0 Å². The van der Waals surface area contributed by atoms with Gasteiger partial charge >= 0.3 is 0 Å². The molecule has 0 rings (SSSR count). The number of rotatable bonds is 6. The average Bonchev–Trinajstić information content (AvgIpc) is 2.04. The minimum atomic E-state index is -0.160. The first-order valence-corrected chi connectivity index (χ1v) is 3.92. The molecule has 0 fully saturated rings. The van der Waals surface area contributed by atoms with E-state index in [9.17, 15) is 9.59 Å². The van der Waals surface area contributed by atoms with E-state index in [0.29, 0.717) is 13.0 Å². The van der Waals surface area contributed by atoms with Crippen LogP contribution in [0.15, 0.2) is 4.99 Å². The smallest absolute Gasteiger partial charge is 0.221 e. The Morgan fingerprint density at radius 2 is 2.15 bits per heavy atom. The minimum absolute atomic E-state index is 0.0271. The summed E-state index contributed by atoms with van der Waals surface area (Å²) in [6, 6.07) is 0. The second-order valence-corrected chi connectivity index (χ2v) is 2.36. The van der Waals surface area contributed by atoms with Crippen molar-refractivity contribution in [3.63, 3.8) is 0 Å². The van der Waals surface area contributed by atoms with Crippen LogP contribution in [0.5, 0.6) is 0 Å². The third kappa shape index (κ3) is 8.32. The molecule has 13 heavy (non-hydrogen) atoms. The van der Waals surface area contributed by atoms with E-state index in [1.54, 1.807) is 0 Å². The first-order chi connectivity index (χ1) is 6.16. The first kappa shape index (κ1) is 11.4. The van der Waals surface area contributed by atoms with Crippen LogP contribution >= 0.6 is 0 Å². The Hall–Kier alpha value is -1.59. The average molecular weight is 186 g/mol. The number of carbonyl (C=O) groups is 2. The molecule has 0 unspecified atom stereocenters. The number of hydrogen-bond acceptors (Lipinski definition) is 3. The SMILES string of the molecule is NC(N)=NCCC(=O)NCCC=O. The monoisotopic (exact) mass is 186 g/mol. The second kappa shape index (κ2) is 7.08. The Morgan fingerprint density at radius 1 is 1.46 bits per heavy atom. The minimum Gasteiger partial charge on any atom is -0.370 e. The first-order valence-electron chi connectivity index (χ1n) is 3.92. The third-order valence-electron chi connectivity index (χ3n) is 1.22. The van der Waals surface area contributed by atoms with Crippen LogP contribution in [-0.4, -0.2) is 31.2 Å². The molecule has 0 radical (unpaired) electrons. The molecule has 0 atom stereocenters. The van der Waals surface area contributed by atoms with Gasteiger partial charge in [0.1, 0.15) is 6.29 Å². The fourth-order valence-electron chi connectivity index (χ4n) is 0.645. The zero-order valence-electron chi connectivity index (χ0n) is 7.32. The highest BCUT2D eigenvalue weighted by atomic mass is 16.1. The van der Waals surface area contributed by atoms with Crippen LogP contribution in [0.2, 0.25) is 0 Å². The molecule has 1 amide bonds. The number of hydrogen-bond donors (Lipinski definition) is 3. The Bertz CT molecular complexity index is 199. The van der Waals surface area contributed by atoms with Crippen molar-refractivity contribution in [2.75, 3.05) is 13.1 Å². The molecule has 0 saturated carbocycles. The van der Waals surface area contributed by atoms with Crippen LogP contribution in [-0.2, 0) is 9.59 Å². The Labute approximate surface area is 76.4 Å². The molecule has 0 aromatic rings. The normalized spacial score (nSPS) is 8.92. The number of guanidine groups is 1. The number of nitrogens with zero attached hydrogens (tertiary/aromatic N) is 1. The summed E-state index contributed by atoms with van der Waals surface area (Å²) < 4.78 is 0. The zero-order chi connectivity index (χ0) is 10.1. The predicted molar refractivity (Wildman–Crippen MR) is 49.0 cm³/mol. The molecule has 0 heterocycles. The van der Waals surface area contributed by atoms with Gasteiger partial charge in [0.15, 0.2) is 5.96 Å². The molecule has 0 aliphatic rings. The van der Waals surface area contributed by atoms with Crippen molar-refractivity contribution >= 4 is 18.2 Å². The summed E-state index contributed by atoms with van der Waals surface area (Å²) in [6.07, 6.45) is 1.31. The van der Waals surface area contributed by atoms with Gasteiger partial charge in [0, 0.05) is 19.4 Å². The fourth-order valence-corrected chi connectivity index (χ4v) is 0.645. The highest BCUT2D eigenvalue weighted by Gasteiger charge is 1.98. The fraction of sp³-hybridized carbons (Fsp3) is 0.571. The number of nitrogens with two attached hydrogens (primary N) is 2. The summed E-state index contributed by atoms with van der Waals surface area (Å²) in [4.78, 5) is 24.4. The van der Waals surface area contributed by atoms with Gasteiger partial charge in [-0.15, -0.1) is 0 Å². The van der Waals surface area contributed by atoms with Crippen molar-refractivity contribution in [2.24, 2.45) is 16.5 Å². The topological polar surface area (TPSA) is 111 Å². The number of nitrogens with one attached hydrogen (secondary N) is 1. The third-order valence-corrected chi connectivity index (χ3v) is 1.22. The van der Waals surface area contributed by atoms with Crippen molar-refractivity contribution in [2.45, 2.75) is 12.8 Å². The van der Waals surface area contributed by atoms with E-state index >= 15 is 0 Å². The van der Waals surface area contributed by atoms with E-state index in [1.165, 1.54) is 0 Å². The maximum Gasteiger partial charge on any atom is 0.221 e. The van der Waals surface area contributed by atoms with E-state index in [2.05, 4.69) is 10.3 Å². The zero-order valence-corrected chi connectivity index (χ0v) is 7.32. The van der Waals surface area contributed by atoms with Gasteiger partial charge in [0.05, 0.1) is 6.54 Å². The van der Waals surface area contributed by atoms with Crippen LogP contribution in [0.3, 0.4) is 0 Å². The van der Waals surface area contributed by atoms with Gasteiger partial charge in [-0.3, -0.25) is 9.79 Å². The molecule has 74 valence electrons. The van der Waals surface area contributed by atoms with Crippen LogP contribution in [0.1, 0.15) is 12.8 Å². The van der Waals surface area contributed by atoms with E-state index in [0.717, 1.165) is 6.29 Å². The molecule has 0 aromatic heterocycles. The standard InChI is InChI=1S/C7H14N4O2/c8-7(9)11-4-2-6(13)10-3-1-5-12/h5H,1-4H2,(H,10,13)(H4,8,9,11). The molecule has 5 N–H and O–H groups in total. The maximum atomic E-state index is 10.9. The maximum absolute atomic E-state index is 10.9. The molecule has 0 aromatic carbocycles. The molecule has 6 heteroatoms. The van der Waals surface area contributed by atoms with Crippen LogP contribution in [0.4, 0.5) is 0 Å². The molecule has 0 aliphatic heterocycles. The lowest BCUT2D eigenvalue weighted by atomic mass is 10.4. The second-order valence-electron chi connectivity index (χ2n) is 2.36. The quantitative estimate of drug-likeness (QED) is 0.200. The number of amides is 1. The molecule has 0 saturated heterocycles. The van der Waals surface area contributed by atoms with Crippen molar-refractivity contribution in [3.05, 3.63) is 0 Å². The molecule has 0 spiro atoms. The molecule has 0 bridgehead atoms. The Balaban J connectivity index is 3.40. The Morgan fingerprint density at radius 3 is 2.69 bits per heavy atom. The predicted octanol–water partition coefficient (Wildman–Crippen LogP) is -1.64. The largest absolute Gasteiger partial charge is 0.370 e. The van der Waals surface area contributed by atoms with Crippen LogP contribution < -0.4 is 16.8 Å². The van der Waals surface area contributed by atoms with Crippen molar-refractivity contribution in [3.8, 4) is 0 Å². The summed E-state index contributed by atoms with van der Waals surface area (Å²) >= 11 is 0. The molecular weight excluding hydrogens is 172 g/mol. The number of aldehydes is 1. The van der Waals surface area contributed by atoms with Crippen molar-refractivity contribution in [1.29, 1.82) is 0 Å². The molecular formula is C7H14N4O2. The number of aliphatic imine (C=N–C) groups is 1. The lowest BCUT2D eigenvalue weighted by Gasteiger charge is -2.00. The summed E-state index contributed by atoms with van der Waals surface area (Å²) in [5.41, 5.74) is 10.1. The molecule has 6 nitrogen and oxygen atoms in total. The lowest BCUT2D eigenvalue weighted by molar-refractivity contribution is -0.120.